The van der Waals surface area contributed by atoms with Gasteiger partial charge >= 0.3 is 0 Å². The minimum absolute atomic E-state index is 0.356. The van der Waals surface area contributed by atoms with E-state index in [-0.39, 0.29) is 0 Å². The summed E-state index contributed by atoms with van der Waals surface area (Å²) in [4.78, 5) is 10.6. The Morgan fingerprint density at radius 3 is 1.64 bits per heavy atom. The van der Waals surface area contributed by atoms with Crippen molar-refractivity contribution in [3.05, 3.63) is 11.1 Å². The van der Waals surface area contributed by atoms with E-state index < -0.39 is 0 Å². The van der Waals surface area contributed by atoms with Crippen molar-refractivity contribution in [1.29, 1.82) is 0 Å². The molecule has 11 heavy (non-hydrogen) atoms. The molecule has 0 unspecified atom stereocenters. The van der Waals surface area contributed by atoms with Crippen LogP contribution in [0, 0.1) is 11.8 Å². The maximum atomic E-state index is 10.6. The average Bonchev–Trinajstić information content (AvgIpc) is 1.88. The molecular formula is C10H18O. The average molecular weight is 154 g/mol. The van der Waals surface area contributed by atoms with Crippen LogP contribution >= 0.6 is 0 Å². The van der Waals surface area contributed by atoms with Crippen molar-refractivity contribution in [3.8, 4) is 0 Å². The maximum Gasteiger partial charge on any atom is 0.146 e. The number of aldehydes is 1. The second-order valence-electron chi connectivity index (χ2n) is 3.57. The SMILES string of the molecule is C/C(=C(\C=O)C(C)C)C(C)C. The summed E-state index contributed by atoms with van der Waals surface area (Å²) in [5, 5.41) is 0. The van der Waals surface area contributed by atoms with Gasteiger partial charge in [0.2, 0.25) is 0 Å². The Morgan fingerprint density at radius 2 is 1.55 bits per heavy atom. The standard InChI is InChI=1S/C10H18O/c1-7(2)9(5)10(6-11)8(3)4/h6-8H,1-5H3/b10-9-. The van der Waals surface area contributed by atoms with Gasteiger partial charge in [-0.2, -0.15) is 0 Å². The van der Waals surface area contributed by atoms with Crippen molar-refractivity contribution >= 4 is 6.29 Å². The Bertz CT molecular complexity index is 164. The molecule has 0 radical (unpaired) electrons. The van der Waals surface area contributed by atoms with Gasteiger partial charge in [0.25, 0.3) is 0 Å². The highest BCUT2D eigenvalue weighted by molar-refractivity contribution is 5.75. The van der Waals surface area contributed by atoms with E-state index >= 15 is 0 Å². The highest BCUT2D eigenvalue weighted by Gasteiger charge is 2.08. The molecule has 0 bridgehead atoms. The van der Waals surface area contributed by atoms with Gasteiger partial charge < -0.3 is 0 Å². The summed E-state index contributed by atoms with van der Waals surface area (Å²) in [7, 11) is 0. The van der Waals surface area contributed by atoms with Crippen molar-refractivity contribution in [2.45, 2.75) is 34.6 Å². The summed E-state index contributed by atoms with van der Waals surface area (Å²) in [6, 6.07) is 0. The van der Waals surface area contributed by atoms with Crippen LogP contribution in [0.1, 0.15) is 34.6 Å². The molecule has 0 aliphatic heterocycles. The van der Waals surface area contributed by atoms with Gasteiger partial charge in [0.15, 0.2) is 0 Å². The predicted molar refractivity (Wildman–Crippen MR) is 48.4 cm³/mol. The molecule has 1 nitrogen and oxygen atoms in total. The van der Waals surface area contributed by atoms with Crippen LogP contribution in [0.15, 0.2) is 11.1 Å². The second kappa shape index (κ2) is 4.32. The second-order valence-corrected chi connectivity index (χ2v) is 3.57. The Morgan fingerprint density at radius 1 is 1.09 bits per heavy atom. The van der Waals surface area contributed by atoms with Crippen molar-refractivity contribution in [1.82, 2.24) is 0 Å². The molecule has 0 aromatic heterocycles. The van der Waals surface area contributed by atoms with Gasteiger partial charge in [-0.25, -0.2) is 0 Å². The van der Waals surface area contributed by atoms with Crippen LogP contribution in [0.3, 0.4) is 0 Å². The zero-order valence-electron chi connectivity index (χ0n) is 8.14. The van der Waals surface area contributed by atoms with E-state index in [0.717, 1.165) is 11.9 Å². The highest BCUT2D eigenvalue weighted by Crippen LogP contribution is 2.18. The molecule has 0 spiro atoms. The largest absolute Gasteiger partial charge is 0.298 e. The van der Waals surface area contributed by atoms with Crippen molar-refractivity contribution in [2.75, 3.05) is 0 Å². The molecule has 0 rings (SSSR count). The zero-order chi connectivity index (χ0) is 9.02. The Kier molecular flexibility index (Phi) is 4.09. The smallest absolute Gasteiger partial charge is 0.146 e. The minimum Gasteiger partial charge on any atom is -0.298 e. The molecule has 0 aliphatic rings. The van der Waals surface area contributed by atoms with Crippen molar-refractivity contribution < 1.29 is 4.79 Å². The van der Waals surface area contributed by atoms with E-state index in [4.69, 9.17) is 0 Å². The lowest BCUT2D eigenvalue weighted by atomic mass is 9.93. The third kappa shape index (κ3) is 2.87. The van der Waals surface area contributed by atoms with Crippen LogP contribution in [0.5, 0.6) is 0 Å². The van der Waals surface area contributed by atoms with E-state index in [2.05, 4.69) is 27.7 Å². The number of allylic oxidation sites excluding steroid dienone is 2. The fourth-order valence-electron chi connectivity index (χ4n) is 1.02. The molecule has 0 N–H and O–H groups in total. The van der Waals surface area contributed by atoms with Crippen LogP contribution in [0.2, 0.25) is 0 Å². The van der Waals surface area contributed by atoms with Gasteiger partial charge in [-0.1, -0.05) is 33.3 Å². The number of carbonyl (C=O) groups is 1. The van der Waals surface area contributed by atoms with Gasteiger partial charge in [0, 0.05) is 0 Å². The lowest BCUT2D eigenvalue weighted by molar-refractivity contribution is -0.105. The van der Waals surface area contributed by atoms with Crippen LogP contribution in [0.25, 0.3) is 0 Å². The minimum atomic E-state index is 0.356. The van der Waals surface area contributed by atoms with Crippen LogP contribution in [-0.4, -0.2) is 6.29 Å². The molecule has 0 heterocycles. The van der Waals surface area contributed by atoms with E-state index in [0.29, 0.717) is 11.8 Å². The van der Waals surface area contributed by atoms with Crippen LogP contribution in [0.4, 0.5) is 0 Å². The predicted octanol–water partition coefficient (Wildman–Crippen LogP) is 2.81. The summed E-state index contributed by atoms with van der Waals surface area (Å²) in [6.45, 7) is 10.4. The molecule has 0 saturated carbocycles. The number of rotatable bonds is 3. The summed E-state index contributed by atoms with van der Waals surface area (Å²) in [6.07, 6.45) is 0.986. The summed E-state index contributed by atoms with van der Waals surface area (Å²) < 4.78 is 0. The van der Waals surface area contributed by atoms with Gasteiger partial charge in [0.1, 0.15) is 6.29 Å². The number of hydrogen-bond donors (Lipinski definition) is 0. The lowest BCUT2D eigenvalue weighted by Crippen LogP contribution is -2.03. The first-order valence-electron chi connectivity index (χ1n) is 4.16. The van der Waals surface area contributed by atoms with E-state index in [9.17, 15) is 4.79 Å². The molecule has 0 amide bonds. The third-order valence-corrected chi connectivity index (χ3v) is 2.07. The van der Waals surface area contributed by atoms with Crippen molar-refractivity contribution in [3.63, 3.8) is 0 Å². The molecule has 0 aromatic rings. The van der Waals surface area contributed by atoms with E-state index in [1.54, 1.807) is 0 Å². The summed E-state index contributed by atoms with van der Waals surface area (Å²) in [5.74, 6) is 0.840. The van der Waals surface area contributed by atoms with Crippen LogP contribution in [-0.2, 0) is 4.79 Å². The summed E-state index contributed by atoms with van der Waals surface area (Å²) >= 11 is 0. The third-order valence-electron chi connectivity index (χ3n) is 2.07. The van der Waals surface area contributed by atoms with E-state index in [1.165, 1.54) is 5.57 Å². The molecule has 0 atom stereocenters. The first kappa shape index (κ1) is 10.4. The Balaban J connectivity index is 4.68. The van der Waals surface area contributed by atoms with Crippen LogP contribution < -0.4 is 0 Å². The zero-order valence-corrected chi connectivity index (χ0v) is 8.14. The quantitative estimate of drug-likeness (QED) is 0.451. The van der Waals surface area contributed by atoms with Crippen molar-refractivity contribution in [2.24, 2.45) is 11.8 Å². The fraction of sp³-hybridized carbons (Fsp3) is 0.700. The van der Waals surface area contributed by atoms with E-state index in [1.807, 2.05) is 6.92 Å². The Hall–Kier alpha value is -0.590. The van der Waals surface area contributed by atoms with Gasteiger partial charge in [0.05, 0.1) is 0 Å². The molecule has 0 aliphatic carbocycles. The molecule has 64 valence electrons. The van der Waals surface area contributed by atoms with Gasteiger partial charge in [-0.3, -0.25) is 4.79 Å². The summed E-state index contributed by atoms with van der Waals surface area (Å²) in [5.41, 5.74) is 2.18. The number of carbonyl (C=O) groups excluding carboxylic acids is 1. The first-order chi connectivity index (χ1) is 5.00. The monoisotopic (exact) mass is 154 g/mol. The molecular weight excluding hydrogens is 136 g/mol. The molecule has 1 heteroatoms. The fourth-order valence-corrected chi connectivity index (χ4v) is 1.02. The van der Waals surface area contributed by atoms with Gasteiger partial charge in [-0.05, 0) is 24.3 Å². The molecule has 0 fully saturated rings. The maximum absolute atomic E-state index is 10.6. The number of hydrogen-bond acceptors (Lipinski definition) is 1. The molecule has 0 saturated heterocycles. The topological polar surface area (TPSA) is 17.1 Å². The van der Waals surface area contributed by atoms with Gasteiger partial charge in [-0.15, -0.1) is 0 Å². The Labute approximate surface area is 69.5 Å². The highest BCUT2D eigenvalue weighted by atomic mass is 16.1. The normalized spacial score (nSPS) is 13.7. The molecule has 0 aromatic carbocycles. The first-order valence-corrected chi connectivity index (χ1v) is 4.16. The lowest BCUT2D eigenvalue weighted by Gasteiger charge is -2.12.